The fourth-order valence-corrected chi connectivity index (χ4v) is 2.16. The number of aliphatic hydroxyl groups is 1. The van der Waals surface area contributed by atoms with Crippen LogP contribution in [0.4, 0.5) is 0 Å². The van der Waals surface area contributed by atoms with Gasteiger partial charge in [-0.05, 0) is 38.3 Å². The number of para-hydroxylation sites is 1. The molecule has 0 saturated heterocycles. The molecule has 0 aliphatic rings. The third kappa shape index (κ3) is 4.85. The standard InChI is InChI=1S/C16H25NO3/c1-4-17(10-11-18)15(19)9-6-12-20-16-13(2)7-5-8-14(16)3/h5,7-8,18H,4,6,9-12H2,1-3H3. The van der Waals surface area contributed by atoms with Crippen LogP contribution in [0.5, 0.6) is 5.75 Å². The lowest BCUT2D eigenvalue weighted by atomic mass is 10.1. The van der Waals surface area contributed by atoms with E-state index in [2.05, 4.69) is 0 Å². The van der Waals surface area contributed by atoms with E-state index in [4.69, 9.17) is 9.84 Å². The van der Waals surface area contributed by atoms with Gasteiger partial charge in [0.15, 0.2) is 0 Å². The Labute approximate surface area is 121 Å². The van der Waals surface area contributed by atoms with E-state index in [-0.39, 0.29) is 12.5 Å². The molecule has 20 heavy (non-hydrogen) atoms. The van der Waals surface area contributed by atoms with Crippen molar-refractivity contribution in [1.29, 1.82) is 0 Å². The zero-order valence-electron chi connectivity index (χ0n) is 12.7. The molecule has 0 unspecified atom stereocenters. The highest BCUT2D eigenvalue weighted by atomic mass is 16.5. The number of rotatable bonds is 8. The summed E-state index contributed by atoms with van der Waals surface area (Å²) >= 11 is 0. The molecule has 4 nitrogen and oxygen atoms in total. The molecular weight excluding hydrogens is 254 g/mol. The van der Waals surface area contributed by atoms with Crippen LogP contribution in [0.25, 0.3) is 0 Å². The number of hydrogen-bond acceptors (Lipinski definition) is 3. The lowest BCUT2D eigenvalue weighted by molar-refractivity contribution is -0.131. The Kier molecular flexibility index (Phi) is 7.09. The number of carbonyl (C=O) groups is 1. The van der Waals surface area contributed by atoms with Crippen molar-refractivity contribution >= 4 is 5.91 Å². The molecule has 0 heterocycles. The summed E-state index contributed by atoms with van der Waals surface area (Å²) in [4.78, 5) is 13.5. The van der Waals surface area contributed by atoms with E-state index in [0.29, 0.717) is 32.5 Å². The summed E-state index contributed by atoms with van der Waals surface area (Å²) in [7, 11) is 0. The molecule has 4 heteroatoms. The van der Waals surface area contributed by atoms with Gasteiger partial charge in [-0.15, -0.1) is 0 Å². The van der Waals surface area contributed by atoms with Crippen LogP contribution in [0, 0.1) is 13.8 Å². The Morgan fingerprint density at radius 3 is 2.50 bits per heavy atom. The number of aryl methyl sites for hydroxylation is 2. The first-order valence-corrected chi connectivity index (χ1v) is 7.17. The lowest BCUT2D eigenvalue weighted by Crippen LogP contribution is -2.33. The second kappa shape index (κ2) is 8.59. The van der Waals surface area contributed by atoms with Gasteiger partial charge in [0.1, 0.15) is 5.75 Å². The van der Waals surface area contributed by atoms with Gasteiger partial charge < -0.3 is 14.7 Å². The third-order valence-corrected chi connectivity index (χ3v) is 3.29. The zero-order valence-corrected chi connectivity index (χ0v) is 12.7. The molecule has 0 aliphatic carbocycles. The first-order chi connectivity index (χ1) is 9.60. The maximum absolute atomic E-state index is 11.9. The summed E-state index contributed by atoms with van der Waals surface area (Å²) in [5, 5.41) is 8.88. The zero-order chi connectivity index (χ0) is 15.0. The molecule has 0 atom stereocenters. The molecule has 1 aromatic rings. The van der Waals surface area contributed by atoms with E-state index < -0.39 is 0 Å². The van der Waals surface area contributed by atoms with Crippen molar-refractivity contribution in [2.75, 3.05) is 26.3 Å². The Hall–Kier alpha value is -1.55. The number of carbonyl (C=O) groups excluding carboxylic acids is 1. The van der Waals surface area contributed by atoms with Gasteiger partial charge in [-0.2, -0.15) is 0 Å². The van der Waals surface area contributed by atoms with Gasteiger partial charge in [0.05, 0.1) is 13.2 Å². The number of aliphatic hydroxyl groups excluding tert-OH is 1. The number of hydrogen-bond donors (Lipinski definition) is 1. The summed E-state index contributed by atoms with van der Waals surface area (Å²) in [6.07, 6.45) is 1.15. The molecule has 1 aromatic carbocycles. The van der Waals surface area contributed by atoms with Crippen LogP contribution < -0.4 is 4.74 Å². The fourth-order valence-electron chi connectivity index (χ4n) is 2.16. The van der Waals surface area contributed by atoms with E-state index in [1.54, 1.807) is 4.90 Å². The summed E-state index contributed by atoms with van der Waals surface area (Å²) in [6.45, 7) is 7.55. The van der Waals surface area contributed by atoms with E-state index in [1.807, 2.05) is 39.0 Å². The monoisotopic (exact) mass is 279 g/mol. The molecular formula is C16H25NO3. The second-order valence-corrected chi connectivity index (χ2v) is 4.87. The van der Waals surface area contributed by atoms with Crippen LogP contribution in [0.3, 0.4) is 0 Å². The van der Waals surface area contributed by atoms with Crippen LogP contribution in [0.1, 0.15) is 30.9 Å². The van der Waals surface area contributed by atoms with Crippen molar-refractivity contribution in [3.8, 4) is 5.75 Å². The van der Waals surface area contributed by atoms with Crippen molar-refractivity contribution in [3.63, 3.8) is 0 Å². The van der Waals surface area contributed by atoms with Gasteiger partial charge in [0.2, 0.25) is 5.91 Å². The molecule has 0 aromatic heterocycles. The summed E-state index contributed by atoms with van der Waals surface area (Å²) < 4.78 is 5.77. The number of ether oxygens (including phenoxy) is 1. The van der Waals surface area contributed by atoms with E-state index in [1.165, 1.54) is 0 Å². The molecule has 0 bridgehead atoms. The van der Waals surface area contributed by atoms with E-state index >= 15 is 0 Å². The Bertz CT molecular complexity index is 411. The number of nitrogens with zero attached hydrogens (tertiary/aromatic N) is 1. The van der Waals surface area contributed by atoms with Gasteiger partial charge in [0, 0.05) is 19.5 Å². The minimum Gasteiger partial charge on any atom is -0.493 e. The largest absolute Gasteiger partial charge is 0.493 e. The molecule has 0 spiro atoms. The van der Waals surface area contributed by atoms with Gasteiger partial charge in [-0.3, -0.25) is 4.79 Å². The first kappa shape index (κ1) is 16.5. The van der Waals surface area contributed by atoms with Crippen LogP contribution >= 0.6 is 0 Å². The highest BCUT2D eigenvalue weighted by Gasteiger charge is 2.10. The normalized spacial score (nSPS) is 10.4. The quantitative estimate of drug-likeness (QED) is 0.743. The van der Waals surface area contributed by atoms with Crippen molar-refractivity contribution in [2.45, 2.75) is 33.6 Å². The molecule has 1 amide bonds. The Balaban J connectivity index is 2.36. The smallest absolute Gasteiger partial charge is 0.222 e. The number of benzene rings is 1. The molecule has 1 N–H and O–H groups in total. The van der Waals surface area contributed by atoms with Gasteiger partial charge in [-0.1, -0.05) is 18.2 Å². The molecule has 0 saturated carbocycles. The average Bonchev–Trinajstić information content (AvgIpc) is 2.43. The average molecular weight is 279 g/mol. The SMILES string of the molecule is CCN(CCO)C(=O)CCCOc1c(C)cccc1C. The molecule has 0 aliphatic heterocycles. The predicted octanol–water partition coefficient (Wildman–Crippen LogP) is 2.30. The predicted molar refractivity (Wildman–Crippen MR) is 80.0 cm³/mol. The number of likely N-dealkylation sites (N-methyl/N-ethyl adjacent to an activating group) is 1. The maximum Gasteiger partial charge on any atom is 0.222 e. The van der Waals surface area contributed by atoms with Crippen molar-refractivity contribution in [2.24, 2.45) is 0 Å². The fraction of sp³-hybridized carbons (Fsp3) is 0.562. The highest BCUT2D eigenvalue weighted by Crippen LogP contribution is 2.22. The Morgan fingerprint density at radius 1 is 1.30 bits per heavy atom. The molecule has 0 radical (unpaired) electrons. The van der Waals surface area contributed by atoms with Gasteiger partial charge in [0.25, 0.3) is 0 Å². The topological polar surface area (TPSA) is 49.8 Å². The van der Waals surface area contributed by atoms with Crippen molar-refractivity contribution in [1.82, 2.24) is 4.90 Å². The van der Waals surface area contributed by atoms with Crippen molar-refractivity contribution in [3.05, 3.63) is 29.3 Å². The molecule has 1 rings (SSSR count). The minimum atomic E-state index is 0.0124. The summed E-state index contributed by atoms with van der Waals surface area (Å²) in [6, 6.07) is 6.05. The van der Waals surface area contributed by atoms with Gasteiger partial charge in [-0.25, -0.2) is 0 Å². The second-order valence-electron chi connectivity index (χ2n) is 4.87. The van der Waals surface area contributed by atoms with Crippen LogP contribution in [-0.4, -0.2) is 42.2 Å². The number of amides is 1. The van der Waals surface area contributed by atoms with Gasteiger partial charge >= 0.3 is 0 Å². The lowest BCUT2D eigenvalue weighted by Gasteiger charge is -2.19. The van der Waals surface area contributed by atoms with E-state index in [0.717, 1.165) is 16.9 Å². The maximum atomic E-state index is 11.9. The molecule has 112 valence electrons. The minimum absolute atomic E-state index is 0.0124. The van der Waals surface area contributed by atoms with E-state index in [9.17, 15) is 4.79 Å². The van der Waals surface area contributed by atoms with Crippen LogP contribution in [0.15, 0.2) is 18.2 Å². The first-order valence-electron chi connectivity index (χ1n) is 7.17. The molecule has 0 fully saturated rings. The highest BCUT2D eigenvalue weighted by molar-refractivity contribution is 5.76. The van der Waals surface area contributed by atoms with Crippen molar-refractivity contribution < 1.29 is 14.6 Å². The summed E-state index contributed by atoms with van der Waals surface area (Å²) in [5.74, 6) is 0.995. The van der Waals surface area contributed by atoms with Crippen LogP contribution in [-0.2, 0) is 4.79 Å². The summed E-state index contributed by atoms with van der Waals surface area (Å²) in [5.41, 5.74) is 2.23. The third-order valence-electron chi connectivity index (χ3n) is 3.29. The Morgan fingerprint density at radius 2 is 1.95 bits per heavy atom. The van der Waals surface area contributed by atoms with Crippen LogP contribution in [0.2, 0.25) is 0 Å².